The maximum atomic E-state index is 6.34. The average Bonchev–Trinajstić information content (AvgIpc) is 2.73. The lowest BCUT2D eigenvalue weighted by Crippen LogP contribution is -2.38. The minimum Gasteiger partial charge on any atom is -0.402 e. The van der Waals surface area contributed by atoms with E-state index in [0.717, 1.165) is 11.3 Å². The fraction of sp³-hybridized carbons (Fsp3) is 0.500. The van der Waals surface area contributed by atoms with Crippen LogP contribution < -0.4 is 5.32 Å². The summed E-state index contributed by atoms with van der Waals surface area (Å²) >= 11 is 6.34. The number of rotatable bonds is 2. The molecule has 0 aromatic rings. The summed E-state index contributed by atoms with van der Waals surface area (Å²) in [6.07, 6.45) is 3.50. The van der Waals surface area contributed by atoms with Crippen LogP contribution in [0.5, 0.6) is 0 Å². The number of allylic oxidation sites excluding steroid dienone is 1. The molecule has 0 bridgehead atoms. The molecule has 108 valence electrons. The maximum absolute atomic E-state index is 6.34. The van der Waals surface area contributed by atoms with E-state index in [-0.39, 0.29) is 0 Å². The van der Waals surface area contributed by atoms with Gasteiger partial charge >= 0.3 is 0 Å². The molecule has 0 fully saturated rings. The number of hydrogen-bond acceptors (Lipinski definition) is 4. The predicted molar refractivity (Wildman–Crippen MR) is 85.6 cm³/mol. The van der Waals surface area contributed by atoms with E-state index in [9.17, 15) is 0 Å². The molecule has 0 aromatic heterocycles. The fourth-order valence-electron chi connectivity index (χ4n) is 2.09. The van der Waals surface area contributed by atoms with Crippen LogP contribution in [0.3, 0.4) is 0 Å². The molecular weight excluding hydrogens is 290 g/mol. The summed E-state index contributed by atoms with van der Waals surface area (Å²) in [7, 11) is -1.63. The first kappa shape index (κ1) is 15.2. The van der Waals surface area contributed by atoms with Crippen molar-refractivity contribution >= 4 is 26.1 Å². The smallest absolute Gasteiger partial charge is 0.185 e. The van der Waals surface area contributed by atoms with E-state index >= 15 is 0 Å². The number of aliphatic imine (C=N–C) groups is 1. The Morgan fingerprint density at radius 1 is 1.45 bits per heavy atom. The molecule has 0 saturated heterocycles. The van der Waals surface area contributed by atoms with E-state index in [1.807, 2.05) is 13.8 Å². The number of nitrogens with one attached hydrogen (secondary N) is 1. The maximum Gasteiger partial charge on any atom is 0.185 e. The van der Waals surface area contributed by atoms with Crippen molar-refractivity contribution in [1.82, 2.24) is 10.2 Å². The second-order valence-corrected chi connectivity index (χ2v) is 11.0. The number of halogens is 1. The van der Waals surface area contributed by atoms with Crippen LogP contribution in [0, 0.1) is 12.0 Å². The highest BCUT2D eigenvalue weighted by atomic mass is 35.5. The first-order valence-corrected chi connectivity index (χ1v) is 10.3. The summed E-state index contributed by atoms with van der Waals surface area (Å²) in [4.78, 5) is 5.86. The van der Waals surface area contributed by atoms with Crippen LogP contribution in [-0.2, 0) is 4.43 Å². The standard InChI is InChI=1S/C14H20ClN3OSi/c1-14(2,19-20(3,4)5)6-7-18-10-17-12-9-16-8-11(12)13(18)15/h8-9,17H,10H2,1-5H3. The van der Waals surface area contributed by atoms with Gasteiger partial charge in [-0.1, -0.05) is 11.6 Å². The second kappa shape index (κ2) is 5.28. The van der Waals surface area contributed by atoms with Crippen LogP contribution in [0.4, 0.5) is 0 Å². The third kappa shape index (κ3) is 3.66. The van der Waals surface area contributed by atoms with Gasteiger partial charge in [-0.15, -0.1) is 0 Å². The lowest BCUT2D eigenvalue weighted by atomic mass is 10.1. The normalized spacial score (nSPS) is 18.3. The zero-order valence-electron chi connectivity index (χ0n) is 12.5. The van der Waals surface area contributed by atoms with Gasteiger partial charge in [0.2, 0.25) is 0 Å². The molecule has 2 aliphatic heterocycles. The quantitative estimate of drug-likeness (QED) is 0.484. The fourth-order valence-corrected chi connectivity index (χ4v) is 3.93. The van der Waals surface area contributed by atoms with Crippen LogP contribution in [0.25, 0.3) is 0 Å². The molecule has 0 unspecified atom stereocenters. The van der Waals surface area contributed by atoms with Gasteiger partial charge < -0.3 is 9.74 Å². The Labute approximate surface area is 126 Å². The third-order valence-corrected chi connectivity index (χ3v) is 4.17. The molecular formula is C14H20ClN3OSi. The van der Waals surface area contributed by atoms with E-state index in [2.05, 4.69) is 41.9 Å². The van der Waals surface area contributed by atoms with Crippen molar-refractivity contribution < 1.29 is 4.43 Å². The van der Waals surface area contributed by atoms with Crippen molar-refractivity contribution in [3.8, 4) is 12.0 Å². The third-order valence-electron chi connectivity index (χ3n) is 2.64. The van der Waals surface area contributed by atoms with Crippen molar-refractivity contribution in [2.75, 3.05) is 6.67 Å². The van der Waals surface area contributed by atoms with E-state index in [0.29, 0.717) is 11.8 Å². The zero-order chi connectivity index (χ0) is 15.0. The van der Waals surface area contributed by atoms with Crippen molar-refractivity contribution in [3.63, 3.8) is 0 Å². The highest BCUT2D eigenvalue weighted by Crippen LogP contribution is 2.25. The monoisotopic (exact) mass is 309 g/mol. The first-order valence-electron chi connectivity index (χ1n) is 6.56. The van der Waals surface area contributed by atoms with Crippen LogP contribution >= 0.6 is 11.6 Å². The molecule has 0 radical (unpaired) electrons. The summed E-state index contributed by atoms with van der Waals surface area (Å²) in [5.41, 5.74) is 1.36. The molecule has 6 heteroatoms. The summed E-state index contributed by atoms with van der Waals surface area (Å²) in [5.74, 6) is 3.16. The van der Waals surface area contributed by atoms with Crippen molar-refractivity contribution in [3.05, 3.63) is 22.6 Å². The van der Waals surface area contributed by atoms with Crippen LogP contribution in [0.2, 0.25) is 19.6 Å². The summed E-state index contributed by atoms with van der Waals surface area (Å²) in [6, 6.07) is 3.09. The highest BCUT2D eigenvalue weighted by Gasteiger charge is 2.26. The van der Waals surface area contributed by atoms with Gasteiger partial charge in [0.15, 0.2) is 8.32 Å². The highest BCUT2D eigenvalue weighted by molar-refractivity contribution is 6.69. The summed E-state index contributed by atoms with van der Waals surface area (Å²) < 4.78 is 6.06. The Morgan fingerprint density at radius 3 is 2.80 bits per heavy atom. The Balaban J connectivity index is 2.16. The molecule has 0 atom stereocenters. The van der Waals surface area contributed by atoms with Crippen LogP contribution in [0.15, 0.2) is 27.6 Å². The van der Waals surface area contributed by atoms with Gasteiger partial charge in [-0.3, -0.25) is 9.89 Å². The lowest BCUT2D eigenvalue weighted by Gasteiger charge is -2.29. The van der Waals surface area contributed by atoms with Gasteiger partial charge in [-0.2, -0.15) is 0 Å². The Morgan fingerprint density at radius 2 is 2.15 bits per heavy atom. The van der Waals surface area contributed by atoms with Crippen LogP contribution in [0.1, 0.15) is 13.8 Å². The second-order valence-electron chi connectivity index (χ2n) is 6.25. The minimum absolute atomic E-state index is 0.480. The number of nitrogens with zero attached hydrogens (tertiary/aromatic N) is 2. The van der Waals surface area contributed by atoms with E-state index < -0.39 is 13.9 Å². The molecule has 1 N–H and O–H groups in total. The van der Waals surface area contributed by atoms with Gasteiger partial charge in [-0.05, 0) is 39.4 Å². The Bertz CT molecular complexity index is 561. The summed E-state index contributed by atoms with van der Waals surface area (Å²) in [6.45, 7) is 11.0. The van der Waals surface area contributed by atoms with Crippen molar-refractivity contribution in [2.24, 2.45) is 4.99 Å². The van der Waals surface area contributed by atoms with Crippen LogP contribution in [-0.4, -0.2) is 31.7 Å². The molecule has 0 aromatic carbocycles. The average molecular weight is 310 g/mol. The van der Waals surface area contributed by atoms with E-state index in [1.54, 1.807) is 17.3 Å². The van der Waals surface area contributed by atoms with E-state index in [4.69, 9.17) is 16.0 Å². The van der Waals surface area contributed by atoms with Gasteiger partial charge in [0.1, 0.15) is 17.4 Å². The molecule has 0 saturated carbocycles. The van der Waals surface area contributed by atoms with Gasteiger partial charge in [-0.25, -0.2) is 0 Å². The van der Waals surface area contributed by atoms with E-state index in [1.165, 1.54) is 0 Å². The number of fused-ring (bicyclic) bond motifs is 1. The van der Waals surface area contributed by atoms with Gasteiger partial charge in [0.05, 0.1) is 17.5 Å². The molecule has 20 heavy (non-hydrogen) atoms. The minimum atomic E-state index is -1.63. The first-order chi connectivity index (χ1) is 9.18. The van der Waals surface area contributed by atoms with Crippen molar-refractivity contribution in [1.29, 1.82) is 0 Å². The lowest BCUT2D eigenvalue weighted by molar-refractivity contribution is 0.163. The molecule has 0 spiro atoms. The molecule has 0 amide bonds. The largest absolute Gasteiger partial charge is 0.402 e. The Kier molecular flexibility index (Phi) is 4.01. The SMILES string of the molecule is CC(C)(C#CN1CNC2=CN=CC2=C1Cl)O[Si](C)(C)C. The molecule has 2 rings (SSSR count). The topological polar surface area (TPSA) is 36.9 Å². The molecule has 2 aliphatic rings. The van der Waals surface area contributed by atoms with Gasteiger partial charge in [0.25, 0.3) is 0 Å². The molecule has 4 nitrogen and oxygen atoms in total. The van der Waals surface area contributed by atoms with Gasteiger partial charge in [0, 0.05) is 12.3 Å². The Hall–Kier alpha value is -1.22. The number of hydrogen-bond donors (Lipinski definition) is 1. The molecule has 2 heterocycles. The summed E-state index contributed by atoms with van der Waals surface area (Å²) in [5, 5.41) is 3.84. The zero-order valence-corrected chi connectivity index (χ0v) is 14.3. The van der Waals surface area contributed by atoms with Crippen molar-refractivity contribution in [2.45, 2.75) is 39.1 Å². The predicted octanol–water partition coefficient (Wildman–Crippen LogP) is 2.82. The molecule has 0 aliphatic carbocycles.